The molecule has 0 aliphatic heterocycles. The second-order valence-corrected chi connectivity index (χ2v) is 8.13. The molecule has 0 aliphatic carbocycles. The fraction of sp³-hybridized carbons (Fsp3) is 0.278. The highest BCUT2D eigenvalue weighted by Crippen LogP contribution is 2.21. The van der Waals surface area contributed by atoms with Gasteiger partial charge in [-0.15, -0.1) is 0 Å². The van der Waals surface area contributed by atoms with Crippen molar-refractivity contribution in [3.05, 3.63) is 53.6 Å². The van der Waals surface area contributed by atoms with Gasteiger partial charge in [0.2, 0.25) is 0 Å². The van der Waals surface area contributed by atoms with Crippen molar-refractivity contribution >= 4 is 33.2 Å². The van der Waals surface area contributed by atoms with Crippen molar-refractivity contribution < 1.29 is 17.9 Å². The number of carbonyl (C=O) groups is 1. The van der Waals surface area contributed by atoms with Gasteiger partial charge in [0.15, 0.2) is 6.10 Å². The molecule has 1 atom stereocenters. The van der Waals surface area contributed by atoms with Gasteiger partial charge in [-0.2, -0.15) is 0 Å². The van der Waals surface area contributed by atoms with Gasteiger partial charge in [0.1, 0.15) is 5.75 Å². The van der Waals surface area contributed by atoms with Crippen molar-refractivity contribution in [1.29, 1.82) is 0 Å². The molecule has 2 rings (SSSR count). The van der Waals surface area contributed by atoms with Gasteiger partial charge in [-0.05, 0) is 69.3 Å². The summed E-state index contributed by atoms with van der Waals surface area (Å²) in [5.41, 5.74) is 0.411. The zero-order valence-electron chi connectivity index (χ0n) is 14.7. The Labute approximate surface area is 158 Å². The number of ether oxygens (including phenoxy) is 1. The predicted molar refractivity (Wildman–Crippen MR) is 102 cm³/mol. The molecule has 8 heteroatoms. The fourth-order valence-corrected chi connectivity index (χ4v) is 3.27. The molecule has 140 valence electrons. The Balaban J connectivity index is 2.05. The van der Waals surface area contributed by atoms with Crippen LogP contribution in [0.15, 0.2) is 53.4 Å². The largest absolute Gasteiger partial charge is 0.481 e. The molecule has 1 amide bonds. The van der Waals surface area contributed by atoms with Crippen LogP contribution in [-0.4, -0.2) is 26.5 Å². The quantitative estimate of drug-likeness (QED) is 0.750. The standard InChI is InChI=1S/C18H21ClN2O4S/c1-12(2)20-18(22)13(3)25-16-8-10-17(11-9-16)26(23,24)21-15-6-4-14(19)5-7-15/h4-13,21H,1-3H3,(H,20,22)/t13-/m1/s1. The molecule has 0 fully saturated rings. The normalized spacial score (nSPS) is 12.5. The van der Waals surface area contributed by atoms with Crippen LogP contribution in [-0.2, 0) is 14.8 Å². The van der Waals surface area contributed by atoms with E-state index >= 15 is 0 Å². The molecule has 2 N–H and O–H groups in total. The van der Waals surface area contributed by atoms with Gasteiger partial charge < -0.3 is 10.1 Å². The highest BCUT2D eigenvalue weighted by molar-refractivity contribution is 7.92. The molecule has 26 heavy (non-hydrogen) atoms. The smallest absolute Gasteiger partial charge is 0.261 e. The Morgan fingerprint density at radius 3 is 2.12 bits per heavy atom. The number of halogens is 1. The maximum absolute atomic E-state index is 12.4. The van der Waals surface area contributed by atoms with E-state index in [1.165, 1.54) is 24.3 Å². The van der Waals surface area contributed by atoms with E-state index in [4.69, 9.17) is 16.3 Å². The van der Waals surface area contributed by atoms with Crippen molar-refractivity contribution in [2.45, 2.75) is 37.8 Å². The molecule has 0 radical (unpaired) electrons. The van der Waals surface area contributed by atoms with Crippen molar-refractivity contribution in [3.63, 3.8) is 0 Å². The first kappa shape index (κ1) is 20.1. The van der Waals surface area contributed by atoms with E-state index in [-0.39, 0.29) is 16.8 Å². The average molecular weight is 397 g/mol. The predicted octanol–water partition coefficient (Wildman–Crippen LogP) is 3.43. The Hall–Kier alpha value is -2.25. The lowest BCUT2D eigenvalue weighted by Gasteiger charge is -2.16. The molecule has 0 bridgehead atoms. The van der Waals surface area contributed by atoms with Crippen molar-refractivity contribution in [2.24, 2.45) is 0 Å². The molecule has 0 spiro atoms. The van der Waals surface area contributed by atoms with Crippen molar-refractivity contribution in [1.82, 2.24) is 5.32 Å². The van der Waals surface area contributed by atoms with Crippen molar-refractivity contribution in [2.75, 3.05) is 4.72 Å². The van der Waals surface area contributed by atoms with E-state index in [0.29, 0.717) is 16.5 Å². The minimum atomic E-state index is -3.73. The van der Waals surface area contributed by atoms with Gasteiger partial charge in [-0.25, -0.2) is 8.42 Å². The Bertz CT molecular complexity index is 850. The molecular formula is C18H21ClN2O4S. The number of sulfonamides is 1. The number of nitrogens with one attached hydrogen (secondary N) is 2. The number of anilines is 1. The van der Waals surface area contributed by atoms with E-state index in [0.717, 1.165) is 0 Å². The number of benzene rings is 2. The number of amides is 1. The van der Waals surface area contributed by atoms with Crippen LogP contribution >= 0.6 is 11.6 Å². The Morgan fingerprint density at radius 2 is 1.58 bits per heavy atom. The summed E-state index contributed by atoms with van der Waals surface area (Å²) in [6.07, 6.45) is -0.688. The molecule has 0 heterocycles. The second kappa shape index (κ2) is 8.42. The minimum Gasteiger partial charge on any atom is -0.481 e. The second-order valence-electron chi connectivity index (χ2n) is 6.01. The average Bonchev–Trinajstić information content (AvgIpc) is 2.56. The molecule has 0 saturated heterocycles. The molecule has 0 saturated carbocycles. The molecule has 6 nitrogen and oxygen atoms in total. The van der Waals surface area contributed by atoms with E-state index in [2.05, 4.69) is 10.0 Å². The summed E-state index contributed by atoms with van der Waals surface area (Å²) in [4.78, 5) is 11.9. The van der Waals surface area contributed by atoms with Gasteiger partial charge in [0.25, 0.3) is 15.9 Å². The summed E-state index contributed by atoms with van der Waals surface area (Å²) in [5, 5.41) is 3.27. The molecule has 2 aromatic rings. The summed E-state index contributed by atoms with van der Waals surface area (Å²) in [6.45, 7) is 5.35. The summed E-state index contributed by atoms with van der Waals surface area (Å²) < 4.78 is 32.8. The minimum absolute atomic E-state index is 0.0139. The van der Waals surface area contributed by atoms with Crippen LogP contribution in [0, 0.1) is 0 Å². The summed E-state index contributed by atoms with van der Waals surface area (Å²) >= 11 is 5.79. The van der Waals surface area contributed by atoms with Gasteiger partial charge >= 0.3 is 0 Å². The summed E-state index contributed by atoms with van der Waals surface area (Å²) in [6, 6.07) is 12.2. The third-order valence-corrected chi connectivity index (χ3v) is 4.99. The van der Waals surface area contributed by atoms with Crippen LogP contribution < -0.4 is 14.8 Å². The van der Waals surface area contributed by atoms with Crippen LogP contribution in [0.2, 0.25) is 5.02 Å². The SMILES string of the molecule is CC(C)NC(=O)[C@@H](C)Oc1ccc(S(=O)(=O)Nc2ccc(Cl)cc2)cc1. The van der Waals surface area contributed by atoms with Gasteiger partial charge in [0, 0.05) is 16.8 Å². The summed E-state index contributed by atoms with van der Waals surface area (Å²) in [7, 11) is -3.73. The van der Waals surface area contributed by atoms with Crippen LogP contribution in [0.25, 0.3) is 0 Å². The van der Waals surface area contributed by atoms with Crippen LogP contribution in [0.1, 0.15) is 20.8 Å². The topological polar surface area (TPSA) is 84.5 Å². The number of hydrogen-bond donors (Lipinski definition) is 2. The summed E-state index contributed by atoms with van der Waals surface area (Å²) in [5.74, 6) is 0.169. The van der Waals surface area contributed by atoms with E-state index < -0.39 is 16.1 Å². The number of carbonyl (C=O) groups excluding carboxylic acids is 1. The Morgan fingerprint density at radius 1 is 1.00 bits per heavy atom. The fourth-order valence-electron chi connectivity index (χ4n) is 2.09. The molecule has 0 aliphatic rings. The third-order valence-electron chi connectivity index (χ3n) is 3.34. The lowest BCUT2D eigenvalue weighted by Crippen LogP contribution is -2.40. The number of hydrogen-bond acceptors (Lipinski definition) is 4. The van der Waals surface area contributed by atoms with E-state index in [9.17, 15) is 13.2 Å². The van der Waals surface area contributed by atoms with Gasteiger partial charge in [0.05, 0.1) is 4.90 Å². The zero-order valence-corrected chi connectivity index (χ0v) is 16.3. The first-order chi connectivity index (χ1) is 12.2. The Kier molecular flexibility index (Phi) is 6.50. The molecule has 2 aromatic carbocycles. The highest BCUT2D eigenvalue weighted by atomic mass is 35.5. The first-order valence-electron chi connectivity index (χ1n) is 8.03. The van der Waals surface area contributed by atoms with E-state index in [1.54, 1.807) is 31.2 Å². The maximum atomic E-state index is 12.4. The third kappa shape index (κ3) is 5.64. The first-order valence-corrected chi connectivity index (χ1v) is 9.89. The van der Waals surface area contributed by atoms with Crippen LogP contribution in [0.4, 0.5) is 5.69 Å². The zero-order chi connectivity index (χ0) is 19.3. The maximum Gasteiger partial charge on any atom is 0.261 e. The van der Waals surface area contributed by atoms with Crippen LogP contribution in [0.5, 0.6) is 5.75 Å². The van der Waals surface area contributed by atoms with Gasteiger partial charge in [-0.1, -0.05) is 11.6 Å². The lowest BCUT2D eigenvalue weighted by molar-refractivity contribution is -0.127. The van der Waals surface area contributed by atoms with Gasteiger partial charge in [-0.3, -0.25) is 9.52 Å². The monoisotopic (exact) mass is 396 g/mol. The lowest BCUT2D eigenvalue weighted by atomic mass is 10.3. The molecule has 0 unspecified atom stereocenters. The van der Waals surface area contributed by atoms with E-state index in [1.807, 2.05) is 13.8 Å². The van der Waals surface area contributed by atoms with Crippen molar-refractivity contribution in [3.8, 4) is 5.75 Å². The molecular weight excluding hydrogens is 376 g/mol. The highest BCUT2D eigenvalue weighted by Gasteiger charge is 2.17. The van der Waals surface area contributed by atoms with Crippen LogP contribution in [0.3, 0.4) is 0 Å². The number of rotatable bonds is 7. The molecule has 0 aromatic heterocycles.